The summed E-state index contributed by atoms with van der Waals surface area (Å²) in [5.41, 5.74) is 4.31. The van der Waals surface area contributed by atoms with Crippen molar-refractivity contribution in [2.24, 2.45) is 5.73 Å². The summed E-state index contributed by atoms with van der Waals surface area (Å²) in [5, 5.41) is -0.290. The van der Waals surface area contributed by atoms with E-state index in [-0.39, 0.29) is 40.6 Å². The quantitative estimate of drug-likeness (QED) is 0.659. The Morgan fingerprint density at radius 1 is 1.10 bits per heavy atom. The van der Waals surface area contributed by atoms with Crippen molar-refractivity contribution >= 4 is 17.5 Å². The minimum atomic E-state index is -0.925. The van der Waals surface area contributed by atoms with Crippen LogP contribution in [0.3, 0.4) is 0 Å². The first-order chi connectivity index (χ1) is 13.8. The minimum Gasteiger partial charge on any atom is -0.487 e. The highest BCUT2D eigenvalue weighted by molar-refractivity contribution is 6.31. The molecular weight excluding hydrogens is 409 g/mol. The predicted octanol–water partition coefficient (Wildman–Crippen LogP) is 3.65. The first-order valence-corrected chi connectivity index (χ1v) is 8.68. The van der Waals surface area contributed by atoms with Crippen LogP contribution in [0.4, 0.5) is 13.2 Å². The number of carbonyl (C=O) groups is 1. The van der Waals surface area contributed by atoms with E-state index in [2.05, 4.69) is 0 Å². The lowest BCUT2D eigenvalue weighted by molar-refractivity contribution is 0.0996. The SMILES string of the molecule is NC(=O)c1cccc(Cn2ccc(OCc3ccc(F)cc3F)c(Cl)c2=O)c1F. The van der Waals surface area contributed by atoms with Crippen molar-refractivity contribution in [3.05, 3.63) is 98.2 Å². The van der Waals surface area contributed by atoms with Gasteiger partial charge in [-0.2, -0.15) is 0 Å². The van der Waals surface area contributed by atoms with E-state index in [1.54, 1.807) is 0 Å². The molecule has 1 amide bonds. The Morgan fingerprint density at radius 3 is 2.55 bits per heavy atom. The van der Waals surface area contributed by atoms with Crippen molar-refractivity contribution in [1.29, 1.82) is 0 Å². The van der Waals surface area contributed by atoms with Gasteiger partial charge in [0.15, 0.2) is 0 Å². The van der Waals surface area contributed by atoms with Crippen LogP contribution in [0.25, 0.3) is 0 Å². The lowest BCUT2D eigenvalue weighted by Crippen LogP contribution is -2.22. The second-order valence-electron chi connectivity index (χ2n) is 6.09. The average Bonchev–Trinajstić information content (AvgIpc) is 2.67. The normalized spacial score (nSPS) is 10.8. The number of nitrogens with two attached hydrogens (primary N) is 1. The van der Waals surface area contributed by atoms with E-state index in [1.165, 1.54) is 36.5 Å². The topological polar surface area (TPSA) is 74.3 Å². The van der Waals surface area contributed by atoms with E-state index >= 15 is 0 Å². The summed E-state index contributed by atoms with van der Waals surface area (Å²) in [4.78, 5) is 23.7. The number of hydrogen-bond acceptors (Lipinski definition) is 3. The average molecular weight is 423 g/mol. The molecule has 150 valence electrons. The van der Waals surface area contributed by atoms with E-state index in [0.717, 1.165) is 10.6 Å². The van der Waals surface area contributed by atoms with Crippen molar-refractivity contribution in [3.63, 3.8) is 0 Å². The second kappa shape index (κ2) is 8.40. The molecule has 0 aliphatic rings. The molecule has 3 rings (SSSR count). The first kappa shape index (κ1) is 20.5. The van der Waals surface area contributed by atoms with E-state index < -0.39 is 28.9 Å². The van der Waals surface area contributed by atoms with Crippen LogP contribution in [0.5, 0.6) is 5.75 Å². The molecule has 5 nitrogen and oxygen atoms in total. The van der Waals surface area contributed by atoms with Gasteiger partial charge in [-0.15, -0.1) is 0 Å². The van der Waals surface area contributed by atoms with Gasteiger partial charge in [0.2, 0.25) is 0 Å². The van der Waals surface area contributed by atoms with Crippen molar-refractivity contribution in [2.45, 2.75) is 13.2 Å². The van der Waals surface area contributed by atoms with Crippen LogP contribution >= 0.6 is 11.6 Å². The lowest BCUT2D eigenvalue weighted by atomic mass is 10.1. The molecule has 0 aliphatic carbocycles. The van der Waals surface area contributed by atoms with Gasteiger partial charge in [0.05, 0.1) is 12.1 Å². The van der Waals surface area contributed by atoms with Gasteiger partial charge in [0, 0.05) is 23.4 Å². The van der Waals surface area contributed by atoms with Crippen molar-refractivity contribution < 1.29 is 22.7 Å². The van der Waals surface area contributed by atoms with E-state index in [9.17, 15) is 22.8 Å². The highest BCUT2D eigenvalue weighted by Gasteiger charge is 2.15. The molecule has 0 saturated carbocycles. The Bertz CT molecular complexity index is 1150. The molecule has 0 radical (unpaired) electrons. The number of ether oxygens (including phenoxy) is 1. The first-order valence-electron chi connectivity index (χ1n) is 8.30. The van der Waals surface area contributed by atoms with Crippen LogP contribution in [-0.4, -0.2) is 10.5 Å². The number of aromatic nitrogens is 1. The molecule has 29 heavy (non-hydrogen) atoms. The number of amides is 1. The van der Waals surface area contributed by atoms with E-state index in [1.807, 2.05) is 0 Å². The molecule has 2 aromatic carbocycles. The summed E-state index contributed by atoms with van der Waals surface area (Å²) >= 11 is 6.04. The summed E-state index contributed by atoms with van der Waals surface area (Å²) in [7, 11) is 0. The second-order valence-corrected chi connectivity index (χ2v) is 6.47. The third-order valence-corrected chi connectivity index (χ3v) is 4.50. The maximum absolute atomic E-state index is 14.4. The number of primary amides is 1. The molecular formula is C20H14ClF3N2O3. The van der Waals surface area contributed by atoms with Gasteiger partial charge in [0.1, 0.15) is 34.8 Å². The van der Waals surface area contributed by atoms with Crippen LogP contribution in [0.15, 0.2) is 53.5 Å². The molecule has 0 aliphatic heterocycles. The smallest absolute Gasteiger partial charge is 0.273 e. The molecule has 3 aromatic rings. The number of halogens is 4. The molecule has 0 fully saturated rings. The third-order valence-electron chi connectivity index (χ3n) is 4.15. The van der Waals surface area contributed by atoms with Gasteiger partial charge in [0.25, 0.3) is 11.5 Å². The van der Waals surface area contributed by atoms with Crippen LogP contribution in [0.1, 0.15) is 21.5 Å². The molecule has 0 spiro atoms. The van der Waals surface area contributed by atoms with Gasteiger partial charge in [-0.3, -0.25) is 9.59 Å². The Morgan fingerprint density at radius 2 is 1.86 bits per heavy atom. The molecule has 9 heteroatoms. The molecule has 0 saturated heterocycles. The zero-order valence-electron chi connectivity index (χ0n) is 14.8. The number of carbonyl (C=O) groups excluding carboxylic acids is 1. The van der Waals surface area contributed by atoms with Crippen molar-refractivity contribution in [3.8, 4) is 5.75 Å². The Kier molecular flexibility index (Phi) is 5.93. The number of nitrogens with zero attached hydrogens (tertiary/aromatic N) is 1. The van der Waals surface area contributed by atoms with Crippen molar-refractivity contribution in [2.75, 3.05) is 0 Å². The van der Waals surface area contributed by atoms with Gasteiger partial charge >= 0.3 is 0 Å². The maximum Gasteiger partial charge on any atom is 0.273 e. The van der Waals surface area contributed by atoms with E-state index in [0.29, 0.717) is 6.07 Å². The highest BCUT2D eigenvalue weighted by Crippen LogP contribution is 2.22. The molecule has 0 atom stereocenters. The molecule has 0 bridgehead atoms. The molecule has 2 N–H and O–H groups in total. The number of rotatable bonds is 6. The zero-order valence-corrected chi connectivity index (χ0v) is 15.6. The summed E-state index contributed by atoms with van der Waals surface area (Å²) in [6, 6.07) is 8.46. The molecule has 0 unspecified atom stereocenters. The number of hydrogen-bond donors (Lipinski definition) is 1. The van der Waals surface area contributed by atoms with Crippen LogP contribution in [0, 0.1) is 17.5 Å². The maximum atomic E-state index is 14.4. The summed E-state index contributed by atoms with van der Waals surface area (Å²) in [6.45, 7) is -0.469. The molecule has 1 heterocycles. The van der Waals surface area contributed by atoms with Crippen LogP contribution in [-0.2, 0) is 13.2 Å². The Hall–Kier alpha value is -3.26. The minimum absolute atomic E-state index is 0.0111. The third kappa shape index (κ3) is 4.43. The van der Waals surface area contributed by atoms with Gasteiger partial charge in [-0.1, -0.05) is 23.7 Å². The van der Waals surface area contributed by atoms with Gasteiger partial charge in [-0.25, -0.2) is 13.2 Å². The zero-order chi connectivity index (χ0) is 21.1. The fraction of sp³-hybridized carbons (Fsp3) is 0.100. The highest BCUT2D eigenvalue weighted by atomic mass is 35.5. The monoisotopic (exact) mass is 422 g/mol. The largest absolute Gasteiger partial charge is 0.487 e. The Labute approximate surface area is 168 Å². The fourth-order valence-corrected chi connectivity index (χ4v) is 2.86. The summed E-state index contributed by atoms with van der Waals surface area (Å²) < 4.78 is 47.5. The van der Waals surface area contributed by atoms with E-state index in [4.69, 9.17) is 22.1 Å². The lowest BCUT2D eigenvalue weighted by Gasteiger charge is -2.12. The molecule has 1 aromatic heterocycles. The number of pyridine rings is 1. The predicted molar refractivity (Wildman–Crippen MR) is 100 cm³/mol. The standard InChI is InChI=1S/C20H14ClF3N2O3/c21-17-16(29-10-12-4-5-13(22)8-15(12)23)6-7-26(20(17)28)9-11-2-1-3-14(18(11)24)19(25)27/h1-8H,9-10H2,(H2,25,27). The van der Waals surface area contributed by atoms with Crippen molar-refractivity contribution in [1.82, 2.24) is 4.57 Å². The number of benzene rings is 2. The summed E-state index contributed by atoms with van der Waals surface area (Å²) in [5.74, 6) is -3.27. The van der Waals surface area contributed by atoms with Gasteiger partial charge < -0.3 is 15.0 Å². The van der Waals surface area contributed by atoms with Gasteiger partial charge in [-0.05, 0) is 24.3 Å². The van der Waals surface area contributed by atoms with Crippen LogP contribution < -0.4 is 16.0 Å². The fourth-order valence-electron chi connectivity index (χ4n) is 2.64. The Balaban J connectivity index is 1.82. The van der Waals surface area contributed by atoms with Crippen LogP contribution in [0.2, 0.25) is 5.02 Å². The summed E-state index contributed by atoms with van der Waals surface area (Å²) in [6.07, 6.45) is 1.32.